The molecule has 0 bridgehead atoms. The zero-order valence-corrected chi connectivity index (χ0v) is 25.6. The minimum atomic E-state index is -0.866. The lowest BCUT2D eigenvalue weighted by Gasteiger charge is -2.37. The van der Waals surface area contributed by atoms with Gasteiger partial charge < -0.3 is 19.8 Å². The number of imide groups is 1. The predicted molar refractivity (Wildman–Crippen MR) is 164 cm³/mol. The van der Waals surface area contributed by atoms with Crippen molar-refractivity contribution in [3.05, 3.63) is 75.3 Å². The summed E-state index contributed by atoms with van der Waals surface area (Å²) >= 11 is 3.64. The summed E-state index contributed by atoms with van der Waals surface area (Å²) in [6.45, 7) is 7.56. The van der Waals surface area contributed by atoms with E-state index < -0.39 is 5.41 Å². The molecule has 1 aliphatic heterocycles. The van der Waals surface area contributed by atoms with Crippen molar-refractivity contribution in [1.82, 2.24) is 20.2 Å². The molecule has 5 rings (SSSR count). The van der Waals surface area contributed by atoms with Crippen LogP contribution in [0.5, 0.6) is 11.5 Å². The lowest BCUT2D eigenvalue weighted by atomic mass is 9.76. The third-order valence-corrected chi connectivity index (χ3v) is 8.30. The maximum atomic E-state index is 13.9. The first-order valence-corrected chi connectivity index (χ1v) is 14.5. The van der Waals surface area contributed by atoms with Gasteiger partial charge in [-0.3, -0.25) is 14.5 Å². The minimum absolute atomic E-state index is 0.190. The van der Waals surface area contributed by atoms with E-state index in [1.807, 2.05) is 63.2 Å². The smallest absolute Gasteiger partial charge is 0.262 e. The molecule has 0 saturated carbocycles. The van der Waals surface area contributed by atoms with Crippen molar-refractivity contribution in [1.29, 1.82) is 0 Å². The number of hydrogen-bond donors (Lipinski definition) is 2. The van der Waals surface area contributed by atoms with E-state index in [0.717, 1.165) is 34.1 Å². The SMILES string of the molecule is COc1ccc(CCNCCCN2C(=O)c3c(cc(Br)c4nc(-c5cccc(C)c5)[nH]c34)C(C)(C)C2=O)cc1OC. The number of aromatic nitrogens is 2. The fourth-order valence-electron chi connectivity index (χ4n) is 5.41. The molecule has 2 amide bonds. The molecular formula is C32H35BrN4O4. The molecule has 1 aliphatic rings. The molecule has 0 saturated heterocycles. The van der Waals surface area contributed by atoms with Crippen LogP contribution in [0.1, 0.15) is 47.3 Å². The lowest BCUT2D eigenvalue weighted by Crippen LogP contribution is -2.52. The summed E-state index contributed by atoms with van der Waals surface area (Å²) in [7, 11) is 3.25. The van der Waals surface area contributed by atoms with Crippen LogP contribution in [0.25, 0.3) is 22.4 Å². The maximum absolute atomic E-state index is 13.9. The van der Waals surface area contributed by atoms with E-state index in [0.29, 0.717) is 59.0 Å². The fraction of sp³-hybridized carbons (Fsp3) is 0.344. The molecule has 4 aromatic rings. The number of hydrogen-bond acceptors (Lipinski definition) is 6. The van der Waals surface area contributed by atoms with Gasteiger partial charge in [0.15, 0.2) is 11.5 Å². The van der Waals surface area contributed by atoms with Crippen molar-refractivity contribution in [2.75, 3.05) is 33.9 Å². The number of methoxy groups -OCH3 is 2. The largest absolute Gasteiger partial charge is 0.493 e. The minimum Gasteiger partial charge on any atom is -0.493 e. The average Bonchev–Trinajstić information content (AvgIpc) is 3.41. The van der Waals surface area contributed by atoms with E-state index in [4.69, 9.17) is 14.5 Å². The Kier molecular flexibility index (Phi) is 8.20. The standard InChI is InChI=1S/C32H35BrN4O4/c1-19-8-6-9-21(16-19)29-35-27-23(33)18-22-26(28(27)36-29)30(38)37(31(39)32(22,2)3)15-7-13-34-14-12-20-10-11-24(40-4)25(17-20)41-5/h6,8-11,16-18,34H,7,12-15H2,1-5H3,(H,35,36). The molecule has 41 heavy (non-hydrogen) atoms. The van der Waals surface area contributed by atoms with Crippen molar-refractivity contribution >= 4 is 38.8 Å². The van der Waals surface area contributed by atoms with Crippen LogP contribution in [0.15, 0.2) is 53.0 Å². The number of imidazole rings is 1. The number of nitrogens with one attached hydrogen (secondary N) is 2. The van der Waals surface area contributed by atoms with Gasteiger partial charge in [-0.2, -0.15) is 0 Å². The highest BCUT2D eigenvalue weighted by Gasteiger charge is 2.45. The van der Waals surface area contributed by atoms with Crippen LogP contribution in [-0.4, -0.2) is 60.5 Å². The quantitative estimate of drug-likeness (QED) is 0.172. The number of aromatic amines is 1. The van der Waals surface area contributed by atoms with Crippen LogP contribution in [0, 0.1) is 6.92 Å². The lowest BCUT2D eigenvalue weighted by molar-refractivity contribution is -0.134. The van der Waals surface area contributed by atoms with E-state index >= 15 is 0 Å². The van der Waals surface area contributed by atoms with Crippen LogP contribution in [-0.2, 0) is 16.6 Å². The number of benzene rings is 3. The third kappa shape index (κ3) is 5.48. The molecule has 0 aliphatic carbocycles. The van der Waals surface area contributed by atoms with Gasteiger partial charge in [0.2, 0.25) is 5.91 Å². The Morgan fingerprint density at radius 2 is 1.80 bits per heavy atom. The molecular weight excluding hydrogens is 584 g/mol. The second kappa shape index (κ2) is 11.7. The number of amides is 2. The number of carbonyl (C=O) groups excluding carboxylic acids is 2. The second-order valence-electron chi connectivity index (χ2n) is 10.9. The molecule has 0 fully saturated rings. The van der Waals surface area contributed by atoms with Gasteiger partial charge >= 0.3 is 0 Å². The summed E-state index contributed by atoms with van der Waals surface area (Å²) in [5.74, 6) is 1.62. The number of ether oxygens (including phenoxy) is 2. The first kappa shape index (κ1) is 28.8. The van der Waals surface area contributed by atoms with Gasteiger partial charge in [-0.15, -0.1) is 0 Å². The molecule has 0 atom stereocenters. The fourth-order valence-corrected chi connectivity index (χ4v) is 5.93. The number of fused-ring (bicyclic) bond motifs is 3. The molecule has 0 radical (unpaired) electrons. The van der Waals surface area contributed by atoms with E-state index in [9.17, 15) is 9.59 Å². The van der Waals surface area contributed by atoms with Gasteiger partial charge in [-0.25, -0.2) is 4.98 Å². The topological polar surface area (TPSA) is 96.5 Å². The van der Waals surface area contributed by atoms with Gasteiger partial charge in [0.05, 0.1) is 30.7 Å². The first-order chi connectivity index (χ1) is 19.6. The molecule has 0 unspecified atom stereocenters. The molecule has 0 spiro atoms. The summed E-state index contributed by atoms with van der Waals surface area (Å²) in [6.07, 6.45) is 1.46. The van der Waals surface area contributed by atoms with Gasteiger partial charge in [0.25, 0.3) is 5.91 Å². The molecule has 214 valence electrons. The molecule has 9 heteroatoms. The predicted octanol–water partition coefficient (Wildman–Crippen LogP) is 5.80. The van der Waals surface area contributed by atoms with E-state index in [2.05, 4.69) is 32.3 Å². The first-order valence-electron chi connectivity index (χ1n) is 13.7. The summed E-state index contributed by atoms with van der Waals surface area (Å²) in [5.41, 5.74) is 4.87. The van der Waals surface area contributed by atoms with Gasteiger partial charge in [-0.1, -0.05) is 29.8 Å². The van der Waals surface area contributed by atoms with Gasteiger partial charge in [0.1, 0.15) is 11.3 Å². The Labute approximate surface area is 248 Å². The summed E-state index contributed by atoms with van der Waals surface area (Å²) in [6, 6.07) is 15.8. The Bertz CT molecular complexity index is 1630. The number of halogens is 1. The number of aryl methyl sites for hydroxylation is 1. The molecule has 1 aromatic heterocycles. The molecule has 2 heterocycles. The summed E-state index contributed by atoms with van der Waals surface area (Å²) in [5, 5.41) is 3.43. The van der Waals surface area contributed by atoms with Gasteiger partial charge in [0, 0.05) is 16.6 Å². The van der Waals surface area contributed by atoms with Crippen LogP contribution in [0.3, 0.4) is 0 Å². The Morgan fingerprint density at radius 1 is 1.02 bits per heavy atom. The number of rotatable bonds is 10. The van der Waals surface area contributed by atoms with Gasteiger partial charge in [-0.05, 0) is 98.0 Å². The Balaban J connectivity index is 1.30. The Morgan fingerprint density at radius 3 is 2.54 bits per heavy atom. The molecule has 8 nitrogen and oxygen atoms in total. The van der Waals surface area contributed by atoms with Crippen molar-refractivity contribution in [3.63, 3.8) is 0 Å². The summed E-state index contributed by atoms with van der Waals surface area (Å²) in [4.78, 5) is 37.0. The number of H-pyrrole nitrogens is 1. The Hall–Kier alpha value is -3.69. The van der Waals surface area contributed by atoms with Crippen molar-refractivity contribution in [3.8, 4) is 22.9 Å². The van der Waals surface area contributed by atoms with Crippen molar-refractivity contribution in [2.45, 2.75) is 39.0 Å². The monoisotopic (exact) mass is 618 g/mol. The molecule has 3 aromatic carbocycles. The highest BCUT2D eigenvalue weighted by atomic mass is 79.9. The number of nitrogens with zero attached hydrogens (tertiary/aromatic N) is 2. The van der Waals surface area contributed by atoms with Crippen LogP contribution in [0.4, 0.5) is 0 Å². The van der Waals surface area contributed by atoms with E-state index in [1.165, 1.54) is 4.90 Å². The zero-order chi connectivity index (χ0) is 29.3. The normalized spacial score (nSPS) is 14.4. The van der Waals surface area contributed by atoms with Crippen LogP contribution < -0.4 is 14.8 Å². The highest BCUT2D eigenvalue weighted by Crippen LogP contribution is 2.41. The van der Waals surface area contributed by atoms with Crippen molar-refractivity contribution in [2.24, 2.45) is 0 Å². The zero-order valence-electron chi connectivity index (χ0n) is 24.1. The highest BCUT2D eigenvalue weighted by molar-refractivity contribution is 9.10. The molecule has 2 N–H and O–H groups in total. The maximum Gasteiger partial charge on any atom is 0.262 e. The second-order valence-corrected chi connectivity index (χ2v) is 11.7. The van der Waals surface area contributed by atoms with Crippen LogP contribution >= 0.6 is 15.9 Å². The average molecular weight is 620 g/mol. The third-order valence-electron chi connectivity index (χ3n) is 7.70. The summed E-state index contributed by atoms with van der Waals surface area (Å²) < 4.78 is 11.4. The van der Waals surface area contributed by atoms with E-state index in [1.54, 1.807) is 14.2 Å². The van der Waals surface area contributed by atoms with Crippen LogP contribution in [0.2, 0.25) is 0 Å². The number of carbonyl (C=O) groups is 2. The van der Waals surface area contributed by atoms with E-state index in [-0.39, 0.29) is 11.8 Å². The van der Waals surface area contributed by atoms with Crippen molar-refractivity contribution < 1.29 is 19.1 Å².